The monoisotopic (exact) mass is 308 g/mol. The molecule has 1 aliphatic heterocycles. The molecule has 3 heterocycles. The number of amides is 1. The van der Waals surface area contributed by atoms with Gasteiger partial charge in [0.2, 0.25) is 5.91 Å². The third-order valence-corrected chi connectivity index (χ3v) is 3.92. The first-order valence-corrected chi connectivity index (χ1v) is 7.00. The number of rotatable bonds is 2. The molecular formula is C16H12N4O3. The predicted molar refractivity (Wildman–Crippen MR) is 81.2 cm³/mol. The molecule has 1 N–H and O–H groups in total. The molecule has 1 amide bonds. The van der Waals surface area contributed by atoms with Crippen molar-refractivity contribution in [1.29, 1.82) is 0 Å². The van der Waals surface area contributed by atoms with Crippen LogP contribution in [-0.2, 0) is 9.53 Å². The summed E-state index contributed by atoms with van der Waals surface area (Å²) in [6.45, 7) is 0. The van der Waals surface area contributed by atoms with Crippen molar-refractivity contribution in [3.05, 3.63) is 59.7 Å². The Morgan fingerprint density at radius 3 is 3.00 bits per heavy atom. The number of carbonyl (C=O) groups excluding carboxylic acids is 2. The Balaban J connectivity index is 1.91. The van der Waals surface area contributed by atoms with Crippen molar-refractivity contribution in [3.63, 3.8) is 0 Å². The van der Waals surface area contributed by atoms with E-state index in [0.717, 1.165) is 11.3 Å². The van der Waals surface area contributed by atoms with Gasteiger partial charge < -0.3 is 10.1 Å². The summed E-state index contributed by atoms with van der Waals surface area (Å²) < 4.78 is 6.26. The fourth-order valence-electron chi connectivity index (χ4n) is 2.88. The lowest BCUT2D eigenvalue weighted by Crippen LogP contribution is -2.15. The van der Waals surface area contributed by atoms with Gasteiger partial charge in [0, 0.05) is 11.9 Å². The largest absolute Gasteiger partial charge is 0.465 e. The third-order valence-electron chi connectivity index (χ3n) is 3.92. The molecule has 0 fully saturated rings. The second-order valence-electron chi connectivity index (χ2n) is 5.20. The van der Waals surface area contributed by atoms with Crippen LogP contribution < -0.4 is 5.32 Å². The zero-order valence-electron chi connectivity index (χ0n) is 12.2. The van der Waals surface area contributed by atoms with Crippen molar-refractivity contribution in [2.24, 2.45) is 0 Å². The Hall–Kier alpha value is -3.22. The number of hydrogen-bond donors (Lipinski definition) is 1. The number of fused-ring (bicyclic) bond motifs is 2. The number of benzene rings is 1. The van der Waals surface area contributed by atoms with Gasteiger partial charge in [0.1, 0.15) is 12.2 Å². The van der Waals surface area contributed by atoms with E-state index < -0.39 is 11.9 Å². The normalized spacial score (nSPS) is 16.2. The number of aromatic nitrogens is 3. The topological polar surface area (TPSA) is 85.6 Å². The van der Waals surface area contributed by atoms with Crippen LogP contribution in [0.3, 0.4) is 0 Å². The lowest BCUT2D eigenvalue weighted by atomic mass is 9.96. The van der Waals surface area contributed by atoms with Crippen LogP contribution in [0.5, 0.6) is 0 Å². The van der Waals surface area contributed by atoms with Gasteiger partial charge in [0.25, 0.3) is 0 Å². The minimum Gasteiger partial charge on any atom is -0.465 e. The van der Waals surface area contributed by atoms with Crippen LogP contribution in [0, 0.1) is 0 Å². The van der Waals surface area contributed by atoms with E-state index >= 15 is 0 Å². The minimum absolute atomic E-state index is 0.146. The maximum atomic E-state index is 12.4. The molecule has 0 saturated heterocycles. The molecule has 0 spiro atoms. The molecule has 3 aromatic rings. The predicted octanol–water partition coefficient (Wildman–Crippen LogP) is 1.60. The van der Waals surface area contributed by atoms with Crippen LogP contribution in [0.25, 0.3) is 5.52 Å². The molecule has 0 radical (unpaired) electrons. The van der Waals surface area contributed by atoms with E-state index in [0.29, 0.717) is 16.8 Å². The van der Waals surface area contributed by atoms with Crippen LogP contribution in [0.15, 0.2) is 42.9 Å². The van der Waals surface area contributed by atoms with Crippen LogP contribution in [0.4, 0.5) is 5.69 Å². The highest BCUT2D eigenvalue weighted by Crippen LogP contribution is 2.37. The van der Waals surface area contributed by atoms with E-state index in [9.17, 15) is 9.59 Å². The number of anilines is 1. The fraction of sp³-hybridized carbons (Fsp3) is 0.125. The average molecular weight is 308 g/mol. The molecule has 0 aliphatic carbocycles. The maximum Gasteiger partial charge on any atom is 0.339 e. The van der Waals surface area contributed by atoms with E-state index in [1.807, 2.05) is 24.3 Å². The van der Waals surface area contributed by atoms with Crippen molar-refractivity contribution < 1.29 is 14.3 Å². The van der Waals surface area contributed by atoms with Gasteiger partial charge in [-0.3, -0.25) is 4.79 Å². The SMILES string of the molecule is COC(=O)c1cc2c(C3C(=O)Nc4ccccc43)ncnn2c1. The molecule has 23 heavy (non-hydrogen) atoms. The molecule has 2 aromatic heterocycles. The molecule has 7 heteroatoms. The molecule has 0 saturated carbocycles. The summed E-state index contributed by atoms with van der Waals surface area (Å²) in [6.07, 6.45) is 2.93. The van der Waals surface area contributed by atoms with Crippen LogP contribution in [0.1, 0.15) is 27.5 Å². The first kappa shape index (κ1) is 13.4. The van der Waals surface area contributed by atoms with E-state index in [1.54, 1.807) is 12.3 Å². The molecular weight excluding hydrogens is 296 g/mol. The minimum atomic E-state index is -0.530. The average Bonchev–Trinajstić information content (AvgIpc) is 3.14. The maximum absolute atomic E-state index is 12.4. The molecule has 7 nitrogen and oxygen atoms in total. The summed E-state index contributed by atoms with van der Waals surface area (Å²) in [5, 5.41) is 6.95. The zero-order chi connectivity index (χ0) is 16.0. The van der Waals surface area contributed by atoms with Crippen LogP contribution in [0.2, 0.25) is 0 Å². The molecule has 114 valence electrons. The van der Waals surface area contributed by atoms with Crippen LogP contribution >= 0.6 is 0 Å². The number of esters is 1. The van der Waals surface area contributed by atoms with Gasteiger partial charge in [-0.05, 0) is 17.7 Å². The Morgan fingerprint density at radius 1 is 1.35 bits per heavy atom. The highest BCUT2D eigenvalue weighted by Gasteiger charge is 2.34. The van der Waals surface area contributed by atoms with Gasteiger partial charge in [0.05, 0.1) is 23.9 Å². The standard InChI is InChI=1S/C16H12N4O3/c1-23-16(22)9-6-12-14(17-8-18-20(12)7-9)13-10-4-2-3-5-11(10)19-15(13)21/h2-8,13H,1H3,(H,19,21). The zero-order valence-corrected chi connectivity index (χ0v) is 12.2. The second-order valence-corrected chi connectivity index (χ2v) is 5.20. The lowest BCUT2D eigenvalue weighted by Gasteiger charge is -2.09. The number of para-hydroxylation sites is 1. The lowest BCUT2D eigenvalue weighted by molar-refractivity contribution is -0.116. The highest BCUT2D eigenvalue weighted by atomic mass is 16.5. The number of nitrogens with zero attached hydrogens (tertiary/aromatic N) is 3. The summed E-state index contributed by atoms with van der Waals surface area (Å²) >= 11 is 0. The van der Waals surface area contributed by atoms with Crippen molar-refractivity contribution in [1.82, 2.24) is 14.6 Å². The molecule has 1 aromatic carbocycles. The summed E-state index contributed by atoms with van der Waals surface area (Å²) in [4.78, 5) is 28.4. The Kier molecular flexibility index (Phi) is 2.87. The van der Waals surface area contributed by atoms with Crippen molar-refractivity contribution in [2.75, 3.05) is 12.4 Å². The highest BCUT2D eigenvalue weighted by molar-refractivity contribution is 6.05. The first-order valence-electron chi connectivity index (χ1n) is 7.00. The van der Waals surface area contributed by atoms with Crippen molar-refractivity contribution in [2.45, 2.75) is 5.92 Å². The molecule has 1 aliphatic rings. The Labute approximate surface area is 130 Å². The number of nitrogens with one attached hydrogen (secondary N) is 1. The second kappa shape index (κ2) is 4.91. The van der Waals surface area contributed by atoms with Gasteiger partial charge in [0.15, 0.2) is 0 Å². The molecule has 0 bridgehead atoms. The summed E-state index contributed by atoms with van der Waals surface area (Å²) in [5.41, 5.74) is 3.15. The number of carbonyl (C=O) groups is 2. The van der Waals surface area contributed by atoms with Gasteiger partial charge in [-0.15, -0.1) is 0 Å². The Bertz CT molecular complexity index is 947. The van der Waals surface area contributed by atoms with E-state index in [-0.39, 0.29) is 5.91 Å². The first-order chi connectivity index (χ1) is 11.2. The van der Waals surface area contributed by atoms with Gasteiger partial charge in [-0.1, -0.05) is 18.2 Å². The summed E-state index contributed by atoms with van der Waals surface area (Å²) in [6, 6.07) is 9.12. The third kappa shape index (κ3) is 1.97. The van der Waals surface area contributed by atoms with E-state index in [2.05, 4.69) is 15.4 Å². The van der Waals surface area contributed by atoms with Gasteiger partial charge >= 0.3 is 5.97 Å². The Morgan fingerprint density at radius 2 is 2.17 bits per heavy atom. The van der Waals surface area contributed by atoms with Crippen molar-refractivity contribution in [3.8, 4) is 0 Å². The molecule has 1 unspecified atom stereocenters. The van der Waals surface area contributed by atoms with Crippen LogP contribution in [-0.4, -0.2) is 33.6 Å². The van der Waals surface area contributed by atoms with Gasteiger partial charge in [-0.25, -0.2) is 14.3 Å². The smallest absolute Gasteiger partial charge is 0.339 e. The summed E-state index contributed by atoms with van der Waals surface area (Å²) in [7, 11) is 1.32. The summed E-state index contributed by atoms with van der Waals surface area (Å²) in [5.74, 6) is -1.14. The number of hydrogen-bond acceptors (Lipinski definition) is 5. The number of ether oxygens (including phenoxy) is 1. The van der Waals surface area contributed by atoms with E-state index in [4.69, 9.17) is 4.74 Å². The van der Waals surface area contributed by atoms with Crippen molar-refractivity contribution >= 4 is 23.1 Å². The van der Waals surface area contributed by atoms with E-state index in [1.165, 1.54) is 18.0 Å². The molecule has 4 rings (SSSR count). The quantitative estimate of drug-likeness (QED) is 0.727. The fourth-order valence-corrected chi connectivity index (χ4v) is 2.88. The van der Waals surface area contributed by atoms with Gasteiger partial charge in [-0.2, -0.15) is 5.10 Å². The molecule has 1 atom stereocenters. The number of methoxy groups -OCH3 is 1.